The maximum atomic E-state index is 13.1. The quantitative estimate of drug-likeness (QED) is 0.620. The summed E-state index contributed by atoms with van der Waals surface area (Å²) in [7, 11) is 1.85. The van der Waals surface area contributed by atoms with E-state index in [0.29, 0.717) is 16.9 Å². The molecular weight excluding hydrogens is 438 g/mol. The van der Waals surface area contributed by atoms with Crippen LogP contribution in [0, 0.1) is 13.8 Å². The molecule has 1 N–H and O–H groups in total. The van der Waals surface area contributed by atoms with Gasteiger partial charge in [-0.2, -0.15) is 0 Å². The second kappa shape index (κ2) is 9.40. The van der Waals surface area contributed by atoms with Gasteiger partial charge in [0, 0.05) is 24.3 Å². The molecule has 6 nitrogen and oxygen atoms in total. The minimum Gasteiger partial charge on any atom is -0.350 e. The molecule has 2 aliphatic rings. The molecule has 0 aromatic heterocycles. The fraction of sp³-hybridized carbons (Fsp3) is 0.346. The molecule has 0 atom stereocenters. The molecule has 1 aliphatic heterocycles. The fourth-order valence-corrected chi connectivity index (χ4v) is 4.81. The Morgan fingerprint density at radius 1 is 1.03 bits per heavy atom. The molecule has 0 unspecified atom stereocenters. The summed E-state index contributed by atoms with van der Waals surface area (Å²) in [6.45, 7) is 3.79. The van der Waals surface area contributed by atoms with Crippen LogP contribution in [0.1, 0.15) is 53.6 Å². The van der Waals surface area contributed by atoms with E-state index >= 15 is 0 Å². The number of aryl methyl sites for hydroxylation is 2. The van der Waals surface area contributed by atoms with E-state index in [-0.39, 0.29) is 22.7 Å². The third-order valence-corrected chi connectivity index (χ3v) is 6.79. The van der Waals surface area contributed by atoms with Gasteiger partial charge in [0.25, 0.3) is 17.7 Å². The Morgan fingerprint density at radius 3 is 2.45 bits per heavy atom. The molecule has 172 valence electrons. The van der Waals surface area contributed by atoms with Crippen molar-refractivity contribution in [3.63, 3.8) is 0 Å². The van der Waals surface area contributed by atoms with Crippen LogP contribution in [0.5, 0.6) is 0 Å². The number of nitrogens with zero attached hydrogens (tertiary/aromatic N) is 2. The molecule has 4 rings (SSSR count). The zero-order valence-electron chi connectivity index (χ0n) is 19.2. The number of rotatable bonds is 5. The zero-order chi connectivity index (χ0) is 23.7. The minimum atomic E-state index is -0.569. The summed E-state index contributed by atoms with van der Waals surface area (Å²) in [5.74, 6) is -1.15. The van der Waals surface area contributed by atoms with Gasteiger partial charge in [-0.3, -0.25) is 14.4 Å². The number of amides is 3. The van der Waals surface area contributed by atoms with Crippen molar-refractivity contribution < 1.29 is 14.4 Å². The van der Waals surface area contributed by atoms with Gasteiger partial charge in [-0.1, -0.05) is 54.6 Å². The van der Waals surface area contributed by atoms with Crippen LogP contribution in [0.2, 0.25) is 0 Å². The first kappa shape index (κ1) is 23.1. The standard InChI is InChI=1S/C26H28ClN3O3/c1-16-12-13-21(17(2)14-16)30-25(32)22(27)23(26(30)33)28-19-9-7-8-18(15-19)24(31)29(3)20-10-5-4-6-11-20/h7-9,12-15,20,28H,4-6,10-11H2,1-3H3. The van der Waals surface area contributed by atoms with Crippen LogP contribution >= 0.6 is 11.6 Å². The van der Waals surface area contributed by atoms with Crippen molar-refractivity contribution in [3.05, 3.63) is 69.9 Å². The van der Waals surface area contributed by atoms with Gasteiger partial charge in [0.05, 0.1) is 5.69 Å². The lowest BCUT2D eigenvalue weighted by molar-refractivity contribution is -0.120. The molecule has 0 spiro atoms. The summed E-state index contributed by atoms with van der Waals surface area (Å²) in [5, 5.41) is 2.81. The van der Waals surface area contributed by atoms with E-state index in [9.17, 15) is 14.4 Å². The van der Waals surface area contributed by atoms with Gasteiger partial charge in [0.15, 0.2) is 0 Å². The van der Waals surface area contributed by atoms with Crippen molar-refractivity contribution in [2.45, 2.75) is 52.0 Å². The summed E-state index contributed by atoms with van der Waals surface area (Å²) in [6, 6.07) is 12.7. The van der Waals surface area contributed by atoms with E-state index in [1.807, 2.05) is 37.9 Å². The molecule has 3 amide bonds. The summed E-state index contributed by atoms with van der Waals surface area (Å²) < 4.78 is 0. The van der Waals surface area contributed by atoms with Crippen LogP contribution in [0.25, 0.3) is 0 Å². The van der Waals surface area contributed by atoms with Crippen LogP contribution in [0.15, 0.2) is 53.2 Å². The predicted octanol–water partition coefficient (Wildman–Crippen LogP) is 5.14. The number of anilines is 2. The average molecular weight is 466 g/mol. The topological polar surface area (TPSA) is 69.7 Å². The van der Waals surface area contributed by atoms with Crippen molar-refractivity contribution in [2.75, 3.05) is 17.3 Å². The fourth-order valence-electron chi connectivity index (χ4n) is 4.60. The normalized spacial score (nSPS) is 17.0. The SMILES string of the molecule is Cc1ccc(N2C(=O)C(Cl)=C(Nc3cccc(C(=O)N(C)C4CCCCC4)c3)C2=O)c(C)c1. The number of benzene rings is 2. The van der Waals surface area contributed by atoms with Gasteiger partial charge >= 0.3 is 0 Å². The van der Waals surface area contributed by atoms with Crippen molar-refractivity contribution in [3.8, 4) is 0 Å². The Labute approximate surface area is 199 Å². The van der Waals surface area contributed by atoms with Crippen LogP contribution in [0.3, 0.4) is 0 Å². The van der Waals surface area contributed by atoms with Crippen LogP contribution < -0.4 is 10.2 Å². The number of hydrogen-bond acceptors (Lipinski definition) is 4. The number of carbonyl (C=O) groups is 3. The largest absolute Gasteiger partial charge is 0.350 e. The van der Waals surface area contributed by atoms with E-state index in [0.717, 1.165) is 41.7 Å². The Hall–Kier alpha value is -3.12. The second-order valence-electron chi connectivity index (χ2n) is 8.84. The summed E-state index contributed by atoms with van der Waals surface area (Å²) in [4.78, 5) is 41.9. The van der Waals surface area contributed by atoms with Crippen molar-refractivity contribution in [1.29, 1.82) is 0 Å². The third-order valence-electron chi connectivity index (χ3n) is 6.44. The highest BCUT2D eigenvalue weighted by atomic mass is 35.5. The predicted molar refractivity (Wildman–Crippen MR) is 130 cm³/mol. The molecule has 1 saturated carbocycles. The van der Waals surface area contributed by atoms with Crippen molar-refractivity contribution in [1.82, 2.24) is 4.90 Å². The van der Waals surface area contributed by atoms with Gasteiger partial charge in [0.2, 0.25) is 0 Å². The highest BCUT2D eigenvalue weighted by Crippen LogP contribution is 2.32. The van der Waals surface area contributed by atoms with E-state index in [2.05, 4.69) is 5.32 Å². The summed E-state index contributed by atoms with van der Waals surface area (Å²) in [6.07, 6.45) is 5.55. The van der Waals surface area contributed by atoms with E-state index in [1.165, 1.54) is 6.42 Å². The average Bonchev–Trinajstić information content (AvgIpc) is 3.02. The van der Waals surface area contributed by atoms with E-state index in [4.69, 9.17) is 11.6 Å². The minimum absolute atomic E-state index is 0.00637. The Bertz CT molecular complexity index is 1150. The van der Waals surface area contributed by atoms with Gasteiger partial charge in [-0.25, -0.2) is 4.90 Å². The Morgan fingerprint density at radius 2 is 1.76 bits per heavy atom. The van der Waals surface area contributed by atoms with Gasteiger partial charge in [-0.05, 0) is 56.5 Å². The highest BCUT2D eigenvalue weighted by Gasteiger charge is 2.39. The highest BCUT2D eigenvalue weighted by molar-refractivity contribution is 6.53. The monoisotopic (exact) mass is 465 g/mol. The summed E-state index contributed by atoms with van der Waals surface area (Å²) >= 11 is 6.29. The number of carbonyl (C=O) groups excluding carboxylic acids is 3. The smallest absolute Gasteiger partial charge is 0.283 e. The Kier molecular flexibility index (Phi) is 6.56. The molecule has 0 saturated heterocycles. The maximum Gasteiger partial charge on any atom is 0.283 e. The molecule has 1 heterocycles. The van der Waals surface area contributed by atoms with Crippen molar-refractivity contribution >= 4 is 40.7 Å². The van der Waals surface area contributed by atoms with E-state index in [1.54, 1.807) is 30.3 Å². The lowest BCUT2D eigenvalue weighted by atomic mass is 9.94. The molecule has 0 bridgehead atoms. The number of imide groups is 1. The van der Waals surface area contributed by atoms with Gasteiger partial charge < -0.3 is 10.2 Å². The second-order valence-corrected chi connectivity index (χ2v) is 9.22. The van der Waals surface area contributed by atoms with E-state index < -0.39 is 11.8 Å². The lowest BCUT2D eigenvalue weighted by Crippen LogP contribution is -2.38. The first-order valence-electron chi connectivity index (χ1n) is 11.3. The zero-order valence-corrected chi connectivity index (χ0v) is 19.9. The summed E-state index contributed by atoms with van der Waals surface area (Å²) in [5.41, 5.74) is 3.39. The maximum absolute atomic E-state index is 13.1. The molecule has 33 heavy (non-hydrogen) atoms. The van der Waals surface area contributed by atoms with Gasteiger partial charge in [-0.15, -0.1) is 0 Å². The van der Waals surface area contributed by atoms with Crippen molar-refractivity contribution in [2.24, 2.45) is 0 Å². The van der Waals surface area contributed by atoms with Crippen LogP contribution in [0.4, 0.5) is 11.4 Å². The molecular formula is C26H28ClN3O3. The Balaban J connectivity index is 1.54. The molecule has 2 aromatic carbocycles. The first-order valence-corrected chi connectivity index (χ1v) is 11.7. The third kappa shape index (κ3) is 4.53. The lowest BCUT2D eigenvalue weighted by Gasteiger charge is -2.31. The molecule has 2 aromatic rings. The molecule has 0 radical (unpaired) electrons. The van der Waals surface area contributed by atoms with Gasteiger partial charge in [0.1, 0.15) is 10.7 Å². The molecule has 7 heteroatoms. The van der Waals surface area contributed by atoms with Crippen LogP contribution in [-0.4, -0.2) is 35.7 Å². The number of halogens is 1. The van der Waals surface area contributed by atoms with Crippen LogP contribution in [-0.2, 0) is 9.59 Å². The first-order chi connectivity index (χ1) is 15.8. The molecule has 1 aliphatic carbocycles. The number of hydrogen-bond donors (Lipinski definition) is 1. The molecule has 1 fully saturated rings. The number of nitrogens with one attached hydrogen (secondary N) is 1.